The van der Waals surface area contributed by atoms with E-state index < -0.39 is 17.5 Å². The van der Waals surface area contributed by atoms with Gasteiger partial charge in [0.2, 0.25) is 0 Å². The van der Waals surface area contributed by atoms with E-state index in [9.17, 15) is 4.79 Å². The molecule has 0 unspecified atom stereocenters. The van der Waals surface area contributed by atoms with Crippen LogP contribution in [0.25, 0.3) is 5.70 Å². The number of benzene rings is 1. The third-order valence-corrected chi connectivity index (χ3v) is 3.87. The van der Waals surface area contributed by atoms with Crippen molar-refractivity contribution in [1.29, 1.82) is 0 Å². The molecule has 1 aromatic rings. The van der Waals surface area contributed by atoms with Crippen LogP contribution in [0.1, 0.15) is 26.3 Å². The predicted octanol–water partition coefficient (Wildman–Crippen LogP) is 0.888. The smallest absolute Gasteiger partial charge is 0.417 e. The molecule has 2 rings (SSSR count). The van der Waals surface area contributed by atoms with Crippen molar-refractivity contribution >= 4 is 30.8 Å². The van der Waals surface area contributed by atoms with E-state index in [1.165, 1.54) is 0 Å². The number of carbonyl (C=O) groups is 1. The molecule has 0 atom stereocenters. The van der Waals surface area contributed by atoms with Crippen LogP contribution in [-0.2, 0) is 4.74 Å². The average molecular weight is 328 g/mol. The highest BCUT2D eigenvalue weighted by Crippen LogP contribution is 2.36. The number of nitrogens with one attached hydrogen (secondary N) is 3. The van der Waals surface area contributed by atoms with Gasteiger partial charge in [-0.1, -0.05) is 17.6 Å². The molecule has 3 N–H and O–H groups in total. The van der Waals surface area contributed by atoms with E-state index in [0.29, 0.717) is 11.2 Å². The molecule has 0 aromatic heterocycles. The molecule has 0 saturated heterocycles. The SMILES string of the molecule is [B]c1ccc2c(c1)C(NC)=CC(NC)(NC)N2C(=O)OC(C)(C)C. The Bertz CT molecular complexity index is 663. The third-order valence-electron chi connectivity index (χ3n) is 3.87. The Balaban J connectivity index is 2.65. The highest BCUT2D eigenvalue weighted by atomic mass is 16.6. The van der Waals surface area contributed by atoms with Gasteiger partial charge in [0.05, 0.1) is 5.69 Å². The molecule has 128 valence electrons. The molecular formula is C17H25BN4O2. The summed E-state index contributed by atoms with van der Waals surface area (Å²) in [5, 5.41) is 9.51. The normalized spacial score (nSPS) is 16.2. The topological polar surface area (TPSA) is 65.6 Å². The van der Waals surface area contributed by atoms with Crippen LogP contribution in [-0.4, -0.2) is 46.5 Å². The van der Waals surface area contributed by atoms with Crippen LogP contribution in [0.15, 0.2) is 24.3 Å². The van der Waals surface area contributed by atoms with Gasteiger partial charge in [-0.2, -0.15) is 0 Å². The van der Waals surface area contributed by atoms with Gasteiger partial charge in [0.15, 0.2) is 5.79 Å². The summed E-state index contributed by atoms with van der Waals surface area (Å²) in [5.41, 5.74) is 2.42. The zero-order chi connectivity index (χ0) is 18.1. The second-order valence-electron chi connectivity index (χ2n) is 6.67. The minimum absolute atomic E-state index is 0.455. The number of fused-ring (bicyclic) bond motifs is 1. The summed E-state index contributed by atoms with van der Waals surface area (Å²) in [6.45, 7) is 5.52. The van der Waals surface area contributed by atoms with Crippen LogP contribution in [0.4, 0.5) is 10.5 Å². The lowest BCUT2D eigenvalue weighted by Gasteiger charge is -2.45. The number of anilines is 1. The first-order chi connectivity index (χ1) is 11.2. The Morgan fingerprint density at radius 1 is 1.21 bits per heavy atom. The molecule has 1 amide bonds. The fourth-order valence-corrected chi connectivity index (χ4v) is 2.76. The van der Waals surface area contributed by atoms with Crippen LogP contribution < -0.4 is 26.3 Å². The van der Waals surface area contributed by atoms with Gasteiger partial charge in [0.25, 0.3) is 0 Å². The van der Waals surface area contributed by atoms with Gasteiger partial charge in [0, 0.05) is 18.3 Å². The van der Waals surface area contributed by atoms with E-state index >= 15 is 0 Å². The number of hydrogen-bond acceptors (Lipinski definition) is 5. The van der Waals surface area contributed by atoms with Crippen LogP contribution in [0, 0.1) is 0 Å². The van der Waals surface area contributed by atoms with Gasteiger partial charge in [0.1, 0.15) is 13.4 Å². The molecule has 2 radical (unpaired) electrons. The number of nitrogens with zero attached hydrogens (tertiary/aromatic N) is 1. The Kier molecular flexibility index (Phi) is 4.96. The Morgan fingerprint density at radius 3 is 2.33 bits per heavy atom. The molecular weight excluding hydrogens is 303 g/mol. The summed E-state index contributed by atoms with van der Waals surface area (Å²) >= 11 is 0. The molecule has 0 aliphatic carbocycles. The summed E-state index contributed by atoms with van der Waals surface area (Å²) in [4.78, 5) is 14.5. The standard InChI is InChI=1S/C17H25BN4O2/c1-16(2,3)24-15(23)22-14-8-7-11(18)9-12(14)13(19-4)10-17(22,20-5)21-6/h7-10,19-21H,1-6H3. The Labute approximate surface area is 145 Å². The van der Waals surface area contributed by atoms with Crippen molar-refractivity contribution in [3.63, 3.8) is 0 Å². The van der Waals surface area contributed by atoms with Crippen molar-refractivity contribution in [2.75, 3.05) is 26.0 Å². The minimum atomic E-state index is -0.927. The maximum atomic E-state index is 12.9. The zero-order valence-corrected chi connectivity index (χ0v) is 15.2. The minimum Gasteiger partial charge on any atom is -0.443 e. The summed E-state index contributed by atoms with van der Waals surface area (Å²) in [6, 6.07) is 5.43. The fraction of sp³-hybridized carbons (Fsp3) is 0.471. The number of carbonyl (C=O) groups excluding carboxylic acids is 1. The molecule has 1 aromatic carbocycles. The molecule has 7 heteroatoms. The van der Waals surface area contributed by atoms with Crippen molar-refractivity contribution in [3.05, 3.63) is 29.8 Å². The lowest BCUT2D eigenvalue weighted by molar-refractivity contribution is 0.0529. The lowest BCUT2D eigenvalue weighted by Crippen LogP contribution is -2.68. The highest BCUT2D eigenvalue weighted by molar-refractivity contribution is 6.32. The number of ether oxygens (including phenoxy) is 1. The van der Waals surface area contributed by atoms with E-state index in [-0.39, 0.29) is 0 Å². The molecule has 0 saturated carbocycles. The molecule has 0 spiro atoms. The number of hydrogen-bond donors (Lipinski definition) is 3. The second kappa shape index (κ2) is 6.49. The van der Waals surface area contributed by atoms with Gasteiger partial charge in [-0.15, -0.1) is 0 Å². The monoisotopic (exact) mass is 328 g/mol. The summed E-state index contributed by atoms with van der Waals surface area (Å²) in [7, 11) is 11.3. The van der Waals surface area contributed by atoms with E-state index in [4.69, 9.17) is 12.6 Å². The van der Waals surface area contributed by atoms with Gasteiger partial charge in [-0.25, -0.2) is 9.69 Å². The van der Waals surface area contributed by atoms with Crippen LogP contribution in [0.5, 0.6) is 0 Å². The molecule has 1 heterocycles. The maximum absolute atomic E-state index is 12.9. The first-order valence-electron chi connectivity index (χ1n) is 7.89. The van der Waals surface area contributed by atoms with Gasteiger partial charge in [-0.3, -0.25) is 10.6 Å². The van der Waals surface area contributed by atoms with Crippen molar-refractivity contribution in [2.45, 2.75) is 32.2 Å². The van der Waals surface area contributed by atoms with E-state index in [2.05, 4.69) is 16.0 Å². The maximum Gasteiger partial charge on any atom is 0.417 e. The fourth-order valence-electron chi connectivity index (χ4n) is 2.76. The first-order valence-corrected chi connectivity index (χ1v) is 7.89. The molecule has 1 aliphatic heterocycles. The molecule has 24 heavy (non-hydrogen) atoms. The largest absolute Gasteiger partial charge is 0.443 e. The van der Waals surface area contributed by atoms with Crippen molar-refractivity contribution in [3.8, 4) is 0 Å². The van der Waals surface area contributed by atoms with Crippen molar-refractivity contribution in [2.24, 2.45) is 0 Å². The van der Waals surface area contributed by atoms with Crippen molar-refractivity contribution in [1.82, 2.24) is 16.0 Å². The highest BCUT2D eigenvalue weighted by Gasteiger charge is 2.43. The average Bonchev–Trinajstić information content (AvgIpc) is 2.51. The number of amides is 1. The Hall–Kier alpha value is -1.99. The lowest BCUT2D eigenvalue weighted by atomic mass is 9.90. The van der Waals surface area contributed by atoms with Gasteiger partial charge < -0.3 is 10.1 Å². The Morgan fingerprint density at radius 2 is 1.83 bits per heavy atom. The molecule has 6 nitrogen and oxygen atoms in total. The quantitative estimate of drug-likeness (QED) is 0.568. The summed E-state index contributed by atoms with van der Waals surface area (Å²) < 4.78 is 5.62. The number of rotatable bonds is 3. The van der Waals surface area contributed by atoms with E-state index in [1.807, 2.05) is 46.0 Å². The second-order valence-corrected chi connectivity index (χ2v) is 6.67. The molecule has 0 bridgehead atoms. The van der Waals surface area contributed by atoms with E-state index in [0.717, 1.165) is 11.3 Å². The van der Waals surface area contributed by atoms with Crippen LogP contribution >= 0.6 is 0 Å². The third kappa shape index (κ3) is 3.27. The summed E-state index contributed by atoms with van der Waals surface area (Å²) in [5.74, 6) is -0.927. The van der Waals surface area contributed by atoms with Crippen LogP contribution in [0.2, 0.25) is 0 Å². The van der Waals surface area contributed by atoms with Gasteiger partial charge >= 0.3 is 6.09 Å². The number of likely N-dealkylation sites (N-methyl/N-ethyl adjacent to an activating group) is 2. The van der Waals surface area contributed by atoms with Gasteiger partial charge in [-0.05, 0) is 47.0 Å². The van der Waals surface area contributed by atoms with Crippen molar-refractivity contribution < 1.29 is 9.53 Å². The molecule has 0 fully saturated rings. The summed E-state index contributed by atoms with van der Waals surface area (Å²) in [6.07, 6.45) is 1.45. The van der Waals surface area contributed by atoms with E-state index in [1.54, 1.807) is 25.1 Å². The van der Waals surface area contributed by atoms with Crippen LogP contribution in [0.3, 0.4) is 0 Å². The first kappa shape index (κ1) is 18.4. The zero-order valence-electron chi connectivity index (χ0n) is 15.2. The predicted molar refractivity (Wildman–Crippen MR) is 98.4 cm³/mol. The molecule has 1 aliphatic rings.